The molecule has 2 N–H and O–H groups in total. The number of thiocarbonyl (C=S) groups is 1. The Morgan fingerprint density at radius 1 is 1.33 bits per heavy atom. The number of nitrogens with zero attached hydrogens (tertiary/aromatic N) is 2. The van der Waals surface area contributed by atoms with E-state index < -0.39 is 0 Å². The number of aromatic nitrogens is 1. The highest BCUT2D eigenvalue weighted by Crippen LogP contribution is 2.38. The normalized spacial score (nSPS) is 19.9. The number of amides is 1. The Kier molecular flexibility index (Phi) is 4.65. The first-order valence-electron chi connectivity index (χ1n) is 8.74. The molecule has 0 radical (unpaired) electrons. The van der Waals surface area contributed by atoms with Crippen LogP contribution in [0.5, 0.6) is 0 Å². The minimum Gasteiger partial charge on any atom is -0.360 e. The quantitative estimate of drug-likeness (QED) is 0.755. The lowest BCUT2D eigenvalue weighted by atomic mass is 9.94. The summed E-state index contributed by atoms with van der Waals surface area (Å²) in [7, 11) is 0. The summed E-state index contributed by atoms with van der Waals surface area (Å²) in [4.78, 5) is 15.2. The predicted octanol–water partition coefficient (Wildman–Crippen LogP) is 3.94. The highest BCUT2D eigenvalue weighted by atomic mass is 35.5. The van der Waals surface area contributed by atoms with E-state index in [0.717, 1.165) is 24.1 Å². The summed E-state index contributed by atoms with van der Waals surface area (Å²) in [5, 5.41) is 11.3. The SMILES string of the molecule is CC1=C(C(=O)Nc2cc(C)on2)C(c2ccc(Cl)cc2)NC(=S)N1C1CC1. The molecule has 2 aromatic rings. The van der Waals surface area contributed by atoms with E-state index in [1.807, 2.05) is 24.0 Å². The molecule has 2 aliphatic rings. The Hall–Kier alpha value is -2.38. The van der Waals surface area contributed by atoms with Gasteiger partial charge in [0.15, 0.2) is 10.9 Å². The van der Waals surface area contributed by atoms with Crippen molar-refractivity contribution in [2.24, 2.45) is 0 Å². The number of hydrogen-bond donors (Lipinski definition) is 2. The molecule has 1 saturated carbocycles. The number of anilines is 1. The van der Waals surface area contributed by atoms with Crippen molar-refractivity contribution >= 4 is 40.7 Å². The van der Waals surface area contributed by atoms with Gasteiger partial charge in [0.25, 0.3) is 5.91 Å². The van der Waals surface area contributed by atoms with Crippen LogP contribution in [0.4, 0.5) is 5.82 Å². The number of carbonyl (C=O) groups excluding carboxylic acids is 1. The second kappa shape index (κ2) is 6.98. The molecular weight excluding hydrogens is 384 g/mol. The second-order valence-electron chi connectivity index (χ2n) is 6.81. The summed E-state index contributed by atoms with van der Waals surface area (Å²) < 4.78 is 5.05. The van der Waals surface area contributed by atoms with Crippen LogP contribution < -0.4 is 10.6 Å². The molecule has 1 unspecified atom stereocenters. The van der Waals surface area contributed by atoms with Gasteiger partial charge in [0, 0.05) is 22.8 Å². The van der Waals surface area contributed by atoms with Crippen molar-refractivity contribution in [1.29, 1.82) is 0 Å². The fraction of sp³-hybridized carbons (Fsp3) is 0.316. The third kappa shape index (κ3) is 3.57. The molecular formula is C19H19ClN4O2S. The Morgan fingerprint density at radius 2 is 2.04 bits per heavy atom. The van der Waals surface area contributed by atoms with Gasteiger partial charge in [-0.2, -0.15) is 0 Å². The molecule has 0 spiro atoms. The van der Waals surface area contributed by atoms with Gasteiger partial charge in [0.2, 0.25) is 0 Å². The molecule has 140 valence electrons. The summed E-state index contributed by atoms with van der Waals surface area (Å²) in [6.07, 6.45) is 2.14. The van der Waals surface area contributed by atoms with Gasteiger partial charge in [0.05, 0.1) is 11.6 Å². The second-order valence-corrected chi connectivity index (χ2v) is 7.63. The minimum atomic E-state index is -0.363. The van der Waals surface area contributed by atoms with E-state index in [2.05, 4.69) is 15.8 Å². The van der Waals surface area contributed by atoms with Crippen molar-refractivity contribution in [1.82, 2.24) is 15.4 Å². The highest BCUT2D eigenvalue weighted by molar-refractivity contribution is 7.80. The smallest absolute Gasteiger partial charge is 0.257 e. The Bertz CT molecular complexity index is 933. The first-order valence-corrected chi connectivity index (χ1v) is 9.53. The van der Waals surface area contributed by atoms with Crippen LogP contribution in [0.15, 0.2) is 46.1 Å². The summed E-state index contributed by atoms with van der Waals surface area (Å²) >= 11 is 11.6. The lowest BCUT2D eigenvalue weighted by Crippen LogP contribution is -2.49. The summed E-state index contributed by atoms with van der Waals surface area (Å²) in [5.74, 6) is 0.785. The lowest BCUT2D eigenvalue weighted by molar-refractivity contribution is -0.113. The largest absolute Gasteiger partial charge is 0.360 e. The monoisotopic (exact) mass is 402 g/mol. The van der Waals surface area contributed by atoms with Crippen LogP contribution in [0.2, 0.25) is 5.02 Å². The van der Waals surface area contributed by atoms with E-state index in [1.165, 1.54) is 0 Å². The van der Waals surface area contributed by atoms with E-state index in [0.29, 0.717) is 33.3 Å². The fourth-order valence-corrected chi connectivity index (χ4v) is 3.87. The third-order valence-electron chi connectivity index (χ3n) is 4.76. The molecule has 27 heavy (non-hydrogen) atoms. The number of rotatable bonds is 4. The molecule has 1 amide bonds. The predicted molar refractivity (Wildman–Crippen MR) is 107 cm³/mol. The van der Waals surface area contributed by atoms with Gasteiger partial charge < -0.3 is 20.1 Å². The molecule has 1 aliphatic carbocycles. The van der Waals surface area contributed by atoms with Crippen LogP contribution in [0.1, 0.15) is 37.1 Å². The van der Waals surface area contributed by atoms with E-state index in [1.54, 1.807) is 25.1 Å². The Balaban J connectivity index is 1.73. The topological polar surface area (TPSA) is 70.4 Å². The molecule has 0 saturated heterocycles. The van der Waals surface area contributed by atoms with E-state index in [9.17, 15) is 4.79 Å². The van der Waals surface area contributed by atoms with Crippen molar-refractivity contribution in [3.8, 4) is 0 Å². The first kappa shape index (κ1) is 18.0. The van der Waals surface area contributed by atoms with E-state index in [-0.39, 0.29) is 11.9 Å². The maximum Gasteiger partial charge on any atom is 0.257 e. The highest BCUT2D eigenvalue weighted by Gasteiger charge is 2.40. The van der Waals surface area contributed by atoms with Crippen LogP contribution >= 0.6 is 23.8 Å². The van der Waals surface area contributed by atoms with Crippen molar-refractivity contribution in [3.05, 3.63) is 57.9 Å². The van der Waals surface area contributed by atoms with Crippen molar-refractivity contribution in [2.45, 2.75) is 38.8 Å². The lowest BCUT2D eigenvalue weighted by Gasteiger charge is -2.38. The molecule has 1 aliphatic heterocycles. The Morgan fingerprint density at radius 3 is 2.63 bits per heavy atom. The molecule has 2 heterocycles. The van der Waals surface area contributed by atoms with Gasteiger partial charge in [-0.1, -0.05) is 28.9 Å². The molecule has 8 heteroatoms. The molecule has 1 aromatic heterocycles. The Labute approximate surface area is 167 Å². The summed E-state index contributed by atoms with van der Waals surface area (Å²) in [6, 6.07) is 9.09. The molecule has 6 nitrogen and oxygen atoms in total. The average molecular weight is 403 g/mol. The zero-order valence-electron chi connectivity index (χ0n) is 15.0. The molecule has 4 rings (SSSR count). The average Bonchev–Trinajstić information content (AvgIpc) is 3.37. The van der Waals surface area contributed by atoms with Gasteiger partial charge in [-0.15, -0.1) is 0 Å². The number of aryl methyl sites for hydroxylation is 1. The van der Waals surface area contributed by atoms with Gasteiger partial charge in [-0.3, -0.25) is 4.79 Å². The molecule has 1 atom stereocenters. The fourth-order valence-electron chi connectivity index (χ4n) is 3.34. The van der Waals surface area contributed by atoms with Crippen LogP contribution in [0, 0.1) is 6.92 Å². The number of nitrogens with one attached hydrogen (secondary N) is 2. The van der Waals surface area contributed by atoms with Gasteiger partial charge in [-0.25, -0.2) is 0 Å². The summed E-state index contributed by atoms with van der Waals surface area (Å²) in [5.41, 5.74) is 2.38. The van der Waals surface area contributed by atoms with Gasteiger partial charge >= 0.3 is 0 Å². The third-order valence-corrected chi connectivity index (χ3v) is 5.32. The standard InChI is InChI=1S/C19H19ClN4O2S/c1-10-9-15(23-26-10)21-18(25)16-11(2)24(14-7-8-14)19(27)22-17(16)12-3-5-13(20)6-4-12/h3-6,9,14,17H,7-8H2,1-2H3,(H,22,27)(H,21,23,25). The summed E-state index contributed by atoms with van der Waals surface area (Å²) in [6.45, 7) is 3.72. The van der Waals surface area contributed by atoms with Crippen molar-refractivity contribution in [2.75, 3.05) is 5.32 Å². The molecule has 1 fully saturated rings. The van der Waals surface area contributed by atoms with E-state index >= 15 is 0 Å². The number of halogens is 1. The van der Waals surface area contributed by atoms with Crippen LogP contribution in [0.25, 0.3) is 0 Å². The zero-order valence-corrected chi connectivity index (χ0v) is 16.5. The number of hydrogen-bond acceptors (Lipinski definition) is 4. The van der Waals surface area contributed by atoms with Gasteiger partial charge in [-0.05, 0) is 56.6 Å². The van der Waals surface area contributed by atoms with Crippen molar-refractivity contribution in [3.63, 3.8) is 0 Å². The maximum atomic E-state index is 13.1. The number of allylic oxidation sites excluding steroid dienone is 1. The number of benzene rings is 1. The van der Waals surface area contributed by atoms with Gasteiger partial charge in [0.1, 0.15) is 5.76 Å². The maximum absolute atomic E-state index is 13.1. The van der Waals surface area contributed by atoms with Crippen LogP contribution in [0.3, 0.4) is 0 Å². The molecule has 0 bridgehead atoms. The van der Waals surface area contributed by atoms with E-state index in [4.69, 9.17) is 28.3 Å². The van der Waals surface area contributed by atoms with Crippen LogP contribution in [-0.2, 0) is 4.79 Å². The first-order chi connectivity index (χ1) is 12.9. The zero-order chi connectivity index (χ0) is 19.1. The van der Waals surface area contributed by atoms with Crippen LogP contribution in [-0.4, -0.2) is 27.1 Å². The van der Waals surface area contributed by atoms with Crippen molar-refractivity contribution < 1.29 is 9.32 Å². The molecule has 1 aromatic carbocycles. The minimum absolute atomic E-state index is 0.235. The number of carbonyl (C=O) groups is 1.